The summed E-state index contributed by atoms with van der Waals surface area (Å²) in [6.07, 6.45) is -6.65. The van der Waals surface area contributed by atoms with Gasteiger partial charge in [0.25, 0.3) is 5.91 Å². The van der Waals surface area contributed by atoms with Crippen molar-refractivity contribution in [2.24, 2.45) is 5.73 Å². The van der Waals surface area contributed by atoms with E-state index in [1.54, 1.807) is 6.92 Å². The molecule has 10 nitrogen and oxygen atoms in total. The number of rotatable bonds is 11. The zero-order valence-electron chi connectivity index (χ0n) is 29.2. The summed E-state index contributed by atoms with van der Waals surface area (Å²) < 4.78 is 134. The number of nitrogens with two attached hydrogens (primary N) is 1. The third-order valence-electron chi connectivity index (χ3n) is 9.00. The number of carbonyl (C=O) groups is 2. The Balaban J connectivity index is 1.48. The first-order valence-corrected chi connectivity index (χ1v) is 18.1. The number of ether oxygens (including phenoxy) is 2. The minimum absolute atomic E-state index is 0.0800. The molecule has 0 bridgehead atoms. The normalized spacial score (nSPS) is 17.6. The molecule has 55 heavy (non-hydrogen) atoms. The maximum Gasteiger partial charge on any atom is 0.573 e. The average molecular weight is 797 g/mol. The molecule has 0 radical (unpaired) electrons. The second kappa shape index (κ2) is 16.8. The van der Waals surface area contributed by atoms with Gasteiger partial charge in [0.15, 0.2) is 0 Å². The highest BCUT2D eigenvalue weighted by Gasteiger charge is 2.40. The second-order valence-corrected chi connectivity index (χ2v) is 14.5. The van der Waals surface area contributed by atoms with Crippen molar-refractivity contribution in [3.8, 4) is 5.75 Å². The zero-order valence-corrected chi connectivity index (χ0v) is 30.0. The molecule has 1 aliphatic rings. The largest absolute Gasteiger partial charge is 0.573 e. The summed E-state index contributed by atoms with van der Waals surface area (Å²) in [5.41, 5.74) is 5.96. The van der Waals surface area contributed by atoms with Crippen LogP contribution in [0, 0.1) is 23.3 Å². The number of methoxy groups -OCH3 is 1. The molecule has 0 aliphatic carbocycles. The van der Waals surface area contributed by atoms with Crippen molar-refractivity contribution >= 4 is 27.7 Å². The van der Waals surface area contributed by atoms with Crippen LogP contribution in [0.5, 0.6) is 5.75 Å². The molecule has 4 aromatic carbocycles. The highest BCUT2D eigenvalue weighted by Crippen LogP contribution is 2.34. The van der Waals surface area contributed by atoms with Crippen molar-refractivity contribution in [2.75, 3.05) is 25.1 Å². The van der Waals surface area contributed by atoms with E-state index < -0.39 is 81.4 Å². The standard InChI is InChI=1S/C37H35F7N4O6S/c1-21-19-46-20-27(48(21)55(51,52)29-13-11-28(12-14-29)54-37(42,43)44)10-15-30-31(41)4-3-5-32(30)47(36(50)53-2)35(49)34(45)33(22-6-8-24(38)9-7-22)23-16-25(39)18-26(40)17-23/h3-9,11-14,16-18,21,27,33-34,46H,10,15,19-20,45H2,1-2H3/t21-,27+,33+,34+/m1/s1. The van der Waals surface area contributed by atoms with Crippen LogP contribution in [0.15, 0.2) is 89.8 Å². The maximum absolute atomic E-state index is 15.8. The molecule has 2 amide bonds. The Morgan fingerprint density at radius 2 is 1.55 bits per heavy atom. The first-order chi connectivity index (χ1) is 25.9. The van der Waals surface area contributed by atoms with Crippen LogP contribution in [0.4, 0.5) is 41.2 Å². The van der Waals surface area contributed by atoms with Crippen LogP contribution in [-0.2, 0) is 26.0 Å². The molecule has 1 aliphatic heterocycles. The van der Waals surface area contributed by atoms with Gasteiger partial charge in [-0.05, 0) is 91.6 Å². The fraction of sp³-hybridized carbons (Fsp3) is 0.297. The fourth-order valence-electron chi connectivity index (χ4n) is 6.63. The zero-order chi connectivity index (χ0) is 40.2. The molecule has 0 aromatic heterocycles. The Bertz CT molecular complexity index is 2100. The molecule has 0 unspecified atom stereocenters. The Morgan fingerprint density at radius 3 is 2.15 bits per heavy atom. The van der Waals surface area contributed by atoms with E-state index in [4.69, 9.17) is 10.5 Å². The highest BCUT2D eigenvalue weighted by atomic mass is 32.2. The number of halogens is 7. The van der Waals surface area contributed by atoms with Gasteiger partial charge in [-0.1, -0.05) is 18.2 Å². The van der Waals surface area contributed by atoms with E-state index in [1.165, 1.54) is 24.3 Å². The Kier molecular flexibility index (Phi) is 12.5. The van der Waals surface area contributed by atoms with Crippen molar-refractivity contribution in [2.45, 2.75) is 55.1 Å². The Morgan fingerprint density at radius 1 is 0.909 bits per heavy atom. The third-order valence-corrected chi connectivity index (χ3v) is 11.1. The number of piperazine rings is 1. The van der Waals surface area contributed by atoms with E-state index >= 15 is 4.39 Å². The first-order valence-electron chi connectivity index (χ1n) is 16.7. The Labute approximate surface area is 311 Å². The van der Waals surface area contributed by atoms with Gasteiger partial charge in [0.05, 0.1) is 23.7 Å². The fourth-order valence-corrected chi connectivity index (χ4v) is 8.48. The van der Waals surface area contributed by atoms with E-state index in [9.17, 15) is 44.3 Å². The lowest BCUT2D eigenvalue weighted by atomic mass is 9.84. The quantitative estimate of drug-likeness (QED) is 0.167. The van der Waals surface area contributed by atoms with Crippen molar-refractivity contribution in [3.63, 3.8) is 0 Å². The number of anilines is 1. The van der Waals surface area contributed by atoms with Gasteiger partial charge in [-0.3, -0.25) is 4.79 Å². The molecule has 18 heteroatoms. The van der Waals surface area contributed by atoms with Crippen molar-refractivity contribution < 1.29 is 58.2 Å². The maximum atomic E-state index is 15.8. The van der Waals surface area contributed by atoms with Crippen molar-refractivity contribution in [3.05, 3.63) is 125 Å². The summed E-state index contributed by atoms with van der Waals surface area (Å²) in [6.45, 7) is 1.90. The number of hydrogen-bond acceptors (Lipinski definition) is 8. The minimum atomic E-state index is -4.99. The van der Waals surface area contributed by atoms with Gasteiger partial charge < -0.3 is 20.5 Å². The number of hydrogen-bond donors (Lipinski definition) is 2. The summed E-state index contributed by atoms with van der Waals surface area (Å²) in [4.78, 5) is 27.7. The number of imide groups is 1. The van der Waals surface area contributed by atoms with Gasteiger partial charge in [0, 0.05) is 42.7 Å². The van der Waals surface area contributed by atoms with Gasteiger partial charge >= 0.3 is 12.5 Å². The molecular weight excluding hydrogens is 761 g/mol. The molecule has 0 saturated carbocycles. The van der Waals surface area contributed by atoms with Crippen LogP contribution in [0.2, 0.25) is 0 Å². The van der Waals surface area contributed by atoms with Crippen LogP contribution >= 0.6 is 0 Å². The summed E-state index contributed by atoms with van der Waals surface area (Å²) in [6, 6.07) is 10.8. The smallest absolute Gasteiger partial charge is 0.452 e. The summed E-state index contributed by atoms with van der Waals surface area (Å²) >= 11 is 0. The second-order valence-electron chi connectivity index (χ2n) is 12.7. The molecule has 1 saturated heterocycles. The predicted molar refractivity (Wildman–Crippen MR) is 185 cm³/mol. The molecule has 0 spiro atoms. The summed E-state index contributed by atoms with van der Waals surface area (Å²) in [5.74, 6) is -6.72. The number of amides is 2. The van der Waals surface area contributed by atoms with Gasteiger partial charge in [0.1, 0.15) is 29.0 Å². The Hall–Kier alpha value is -5.04. The van der Waals surface area contributed by atoms with E-state index in [2.05, 4.69) is 10.1 Å². The van der Waals surface area contributed by atoms with Crippen LogP contribution < -0.4 is 20.7 Å². The number of alkyl halides is 3. The van der Waals surface area contributed by atoms with E-state index in [0.717, 1.165) is 66.0 Å². The van der Waals surface area contributed by atoms with Gasteiger partial charge in [0.2, 0.25) is 10.0 Å². The van der Waals surface area contributed by atoms with Crippen LogP contribution in [0.25, 0.3) is 0 Å². The van der Waals surface area contributed by atoms with E-state index in [-0.39, 0.29) is 53.2 Å². The number of nitrogens with zero attached hydrogens (tertiary/aromatic N) is 2. The molecule has 4 aromatic rings. The average Bonchev–Trinajstić information content (AvgIpc) is 3.11. The van der Waals surface area contributed by atoms with Crippen LogP contribution in [0.3, 0.4) is 0 Å². The lowest BCUT2D eigenvalue weighted by Gasteiger charge is -2.40. The van der Waals surface area contributed by atoms with E-state index in [1.807, 2.05) is 0 Å². The number of carbonyl (C=O) groups excluding carboxylic acids is 2. The minimum Gasteiger partial charge on any atom is -0.452 e. The van der Waals surface area contributed by atoms with Crippen LogP contribution in [0.1, 0.15) is 36.0 Å². The van der Waals surface area contributed by atoms with Crippen LogP contribution in [-0.4, -0.2) is 69.4 Å². The third kappa shape index (κ3) is 9.44. The van der Waals surface area contributed by atoms with E-state index in [0.29, 0.717) is 11.0 Å². The molecule has 294 valence electrons. The highest BCUT2D eigenvalue weighted by molar-refractivity contribution is 7.89. The molecule has 1 heterocycles. The molecule has 4 atom stereocenters. The van der Waals surface area contributed by atoms with Crippen molar-refractivity contribution in [1.82, 2.24) is 9.62 Å². The number of benzene rings is 4. The van der Waals surface area contributed by atoms with Gasteiger partial charge in [-0.2, -0.15) is 4.31 Å². The lowest BCUT2D eigenvalue weighted by Crippen LogP contribution is -2.58. The molecule has 5 rings (SSSR count). The molecule has 3 N–H and O–H groups in total. The van der Waals surface area contributed by atoms with Crippen molar-refractivity contribution in [1.29, 1.82) is 0 Å². The molecule has 1 fully saturated rings. The lowest BCUT2D eigenvalue weighted by molar-refractivity contribution is -0.274. The summed E-state index contributed by atoms with van der Waals surface area (Å²) in [5, 5.41) is 3.10. The SMILES string of the molecule is COC(=O)N(C(=O)[C@@H](N)[C@@H](c1ccc(F)cc1)c1cc(F)cc(F)c1)c1cccc(F)c1CC[C@H]1CNC[C@@H](C)N1S(=O)(=O)c1ccc(OC(F)(F)F)cc1. The molecular formula is C37H35F7N4O6S. The monoisotopic (exact) mass is 796 g/mol. The number of nitrogens with one attached hydrogen (secondary N) is 1. The number of sulfonamides is 1. The van der Waals surface area contributed by atoms with Gasteiger partial charge in [-0.15, -0.1) is 13.2 Å². The van der Waals surface area contributed by atoms with Gasteiger partial charge in [-0.25, -0.2) is 35.7 Å². The topological polar surface area (TPSA) is 131 Å². The first kappa shape index (κ1) is 41.1. The predicted octanol–water partition coefficient (Wildman–Crippen LogP) is 6.38. The summed E-state index contributed by atoms with van der Waals surface area (Å²) in [7, 11) is -3.39.